The second-order valence-corrected chi connectivity index (χ2v) is 4.91. The van der Waals surface area contributed by atoms with E-state index in [4.69, 9.17) is 0 Å². The van der Waals surface area contributed by atoms with E-state index in [1.807, 2.05) is 6.20 Å². The molecule has 0 atom stereocenters. The number of rotatable bonds is 1. The van der Waals surface area contributed by atoms with Gasteiger partial charge in [-0.1, -0.05) is 19.9 Å². The lowest BCUT2D eigenvalue weighted by atomic mass is 9.97. The van der Waals surface area contributed by atoms with Crippen molar-refractivity contribution >= 4 is 5.69 Å². The standard InChI is InChI=1S/C14H17N3/c1-9(2)10-3-4-13-12(7-10)14-11(5-6-15-13)8-16-17-14/h3-4,7-9,15H,5-6H2,1-2H3,(H,16,17). The third kappa shape index (κ3) is 1.71. The van der Waals surface area contributed by atoms with Gasteiger partial charge in [-0.3, -0.25) is 5.10 Å². The van der Waals surface area contributed by atoms with Crippen LogP contribution in [0, 0.1) is 0 Å². The lowest BCUT2D eigenvalue weighted by Crippen LogP contribution is -2.02. The molecule has 0 amide bonds. The van der Waals surface area contributed by atoms with Crippen molar-refractivity contribution in [2.75, 3.05) is 11.9 Å². The number of H-pyrrole nitrogens is 1. The molecule has 3 rings (SSSR count). The van der Waals surface area contributed by atoms with Crippen LogP contribution in [0.2, 0.25) is 0 Å². The Labute approximate surface area is 101 Å². The van der Waals surface area contributed by atoms with Gasteiger partial charge >= 0.3 is 0 Å². The van der Waals surface area contributed by atoms with Crippen molar-refractivity contribution < 1.29 is 0 Å². The maximum Gasteiger partial charge on any atom is 0.0703 e. The fourth-order valence-electron chi connectivity index (χ4n) is 2.35. The van der Waals surface area contributed by atoms with E-state index < -0.39 is 0 Å². The Morgan fingerprint density at radius 3 is 3.00 bits per heavy atom. The molecular weight excluding hydrogens is 210 g/mol. The summed E-state index contributed by atoms with van der Waals surface area (Å²) in [6.45, 7) is 5.42. The fraction of sp³-hybridized carbons (Fsp3) is 0.357. The fourth-order valence-corrected chi connectivity index (χ4v) is 2.35. The van der Waals surface area contributed by atoms with Gasteiger partial charge < -0.3 is 5.32 Å². The highest BCUT2D eigenvalue weighted by molar-refractivity contribution is 5.79. The maximum atomic E-state index is 4.17. The van der Waals surface area contributed by atoms with Crippen molar-refractivity contribution in [2.24, 2.45) is 0 Å². The molecule has 88 valence electrons. The predicted molar refractivity (Wildman–Crippen MR) is 70.3 cm³/mol. The van der Waals surface area contributed by atoms with Crippen LogP contribution in [0.5, 0.6) is 0 Å². The highest BCUT2D eigenvalue weighted by Gasteiger charge is 2.16. The zero-order valence-corrected chi connectivity index (χ0v) is 10.2. The third-order valence-corrected chi connectivity index (χ3v) is 3.41. The summed E-state index contributed by atoms with van der Waals surface area (Å²) >= 11 is 0. The van der Waals surface area contributed by atoms with Crippen LogP contribution in [-0.4, -0.2) is 16.7 Å². The number of anilines is 1. The van der Waals surface area contributed by atoms with E-state index in [9.17, 15) is 0 Å². The first-order valence-electron chi connectivity index (χ1n) is 6.16. The number of aromatic amines is 1. The summed E-state index contributed by atoms with van der Waals surface area (Å²) in [4.78, 5) is 0. The molecular formula is C14H17N3. The van der Waals surface area contributed by atoms with E-state index in [2.05, 4.69) is 47.6 Å². The average molecular weight is 227 g/mol. The van der Waals surface area contributed by atoms with Gasteiger partial charge in [0.05, 0.1) is 11.9 Å². The molecule has 2 aromatic rings. The average Bonchev–Trinajstić information content (AvgIpc) is 2.71. The summed E-state index contributed by atoms with van der Waals surface area (Å²) in [5.41, 5.74) is 6.30. The molecule has 0 unspecified atom stereocenters. The van der Waals surface area contributed by atoms with Gasteiger partial charge in [-0.05, 0) is 35.6 Å². The van der Waals surface area contributed by atoms with Crippen molar-refractivity contribution in [3.63, 3.8) is 0 Å². The topological polar surface area (TPSA) is 40.7 Å². The summed E-state index contributed by atoms with van der Waals surface area (Å²) in [6.07, 6.45) is 2.96. The van der Waals surface area contributed by atoms with Gasteiger partial charge in [-0.25, -0.2) is 0 Å². The van der Waals surface area contributed by atoms with Crippen molar-refractivity contribution in [2.45, 2.75) is 26.2 Å². The highest BCUT2D eigenvalue weighted by Crippen LogP contribution is 2.34. The predicted octanol–water partition coefficient (Wildman–Crippen LogP) is 3.17. The number of fused-ring (bicyclic) bond motifs is 3. The Morgan fingerprint density at radius 1 is 1.29 bits per heavy atom. The van der Waals surface area contributed by atoms with Gasteiger partial charge in [-0.15, -0.1) is 0 Å². The van der Waals surface area contributed by atoms with E-state index >= 15 is 0 Å². The minimum Gasteiger partial charge on any atom is -0.384 e. The molecule has 0 spiro atoms. The van der Waals surface area contributed by atoms with Crippen molar-refractivity contribution in [3.05, 3.63) is 35.5 Å². The first-order valence-corrected chi connectivity index (χ1v) is 6.16. The Kier molecular flexibility index (Phi) is 2.39. The van der Waals surface area contributed by atoms with E-state index in [1.54, 1.807) is 0 Å². The summed E-state index contributed by atoms with van der Waals surface area (Å²) < 4.78 is 0. The zero-order chi connectivity index (χ0) is 11.8. The molecule has 0 bridgehead atoms. The van der Waals surface area contributed by atoms with Crippen LogP contribution in [0.15, 0.2) is 24.4 Å². The lowest BCUT2D eigenvalue weighted by Gasteiger charge is -2.12. The van der Waals surface area contributed by atoms with Gasteiger partial charge in [0.1, 0.15) is 0 Å². The number of hydrogen-bond acceptors (Lipinski definition) is 2. The quantitative estimate of drug-likeness (QED) is 0.785. The van der Waals surface area contributed by atoms with Gasteiger partial charge in [-0.2, -0.15) is 5.10 Å². The van der Waals surface area contributed by atoms with E-state index in [0.29, 0.717) is 5.92 Å². The van der Waals surface area contributed by atoms with Crippen molar-refractivity contribution in [1.82, 2.24) is 10.2 Å². The molecule has 0 saturated carbocycles. The van der Waals surface area contributed by atoms with Crippen LogP contribution in [0.25, 0.3) is 11.3 Å². The maximum absolute atomic E-state index is 4.17. The molecule has 0 aliphatic carbocycles. The van der Waals surface area contributed by atoms with E-state index in [1.165, 1.54) is 28.1 Å². The lowest BCUT2D eigenvalue weighted by molar-refractivity contribution is 0.867. The van der Waals surface area contributed by atoms with Crippen LogP contribution in [0.1, 0.15) is 30.9 Å². The molecule has 0 fully saturated rings. The normalized spacial score (nSPS) is 13.8. The molecule has 3 heteroatoms. The summed E-state index contributed by atoms with van der Waals surface area (Å²) in [6, 6.07) is 6.66. The zero-order valence-electron chi connectivity index (χ0n) is 10.2. The molecule has 0 radical (unpaired) electrons. The van der Waals surface area contributed by atoms with Gasteiger partial charge in [0.2, 0.25) is 0 Å². The van der Waals surface area contributed by atoms with Gasteiger partial charge in [0.25, 0.3) is 0 Å². The van der Waals surface area contributed by atoms with Crippen LogP contribution >= 0.6 is 0 Å². The molecule has 1 aliphatic rings. The minimum absolute atomic E-state index is 0.551. The van der Waals surface area contributed by atoms with Crippen LogP contribution in [0.3, 0.4) is 0 Å². The molecule has 17 heavy (non-hydrogen) atoms. The number of nitrogens with zero attached hydrogens (tertiary/aromatic N) is 1. The smallest absolute Gasteiger partial charge is 0.0703 e. The van der Waals surface area contributed by atoms with E-state index in [-0.39, 0.29) is 0 Å². The van der Waals surface area contributed by atoms with Crippen molar-refractivity contribution in [1.29, 1.82) is 0 Å². The summed E-state index contributed by atoms with van der Waals surface area (Å²) in [5.74, 6) is 0.551. The molecule has 1 aliphatic heterocycles. The molecule has 1 aromatic carbocycles. The second-order valence-electron chi connectivity index (χ2n) is 4.91. The SMILES string of the molecule is CC(C)c1ccc2c(c1)-c1[nH]ncc1CCN2. The Hall–Kier alpha value is -1.77. The number of hydrogen-bond donors (Lipinski definition) is 2. The van der Waals surface area contributed by atoms with E-state index in [0.717, 1.165) is 13.0 Å². The molecule has 1 aromatic heterocycles. The molecule has 3 nitrogen and oxygen atoms in total. The summed E-state index contributed by atoms with van der Waals surface area (Å²) in [5, 5.41) is 10.8. The minimum atomic E-state index is 0.551. The van der Waals surface area contributed by atoms with Crippen LogP contribution < -0.4 is 5.32 Å². The van der Waals surface area contributed by atoms with Crippen LogP contribution in [0.4, 0.5) is 5.69 Å². The highest BCUT2D eigenvalue weighted by atomic mass is 15.1. The van der Waals surface area contributed by atoms with Gasteiger partial charge in [0.15, 0.2) is 0 Å². The molecule has 2 N–H and O–H groups in total. The Morgan fingerprint density at radius 2 is 2.18 bits per heavy atom. The number of nitrogens with one attached hydrogen (secondary N) is 2. The first-order chi connectivity index (χ1) is 8.25. The monoisotopic (exact) mass is 227 g/mol. The largest absolute Gasteiger partial charge is 0.384 e. The van der Waals surface area contributed by atoms with Crippen molar-refractivity contribution in [3.8, 4) is 11.3 Å². The third-order valence-electron chi connectivity index (χ3n) is 3.41. The van der Waals surface area contributed by atoms with Gasteiger partial charge in [0, 0.05) is 17.8 Å². The number of aromatic nitrogens is 2. The first kappa shape index (κ1) is 10.4. The Bertz CT molecular complexity index is 540. The van der Waals surface area contributed by atoms with Crippen LogP contribution in [-0.2, 0) is 6.42 Å². The Balaban J connectivity index is 2.19. The number of benzene rings is 1. The molecule has 0 saturated heterocycles. The second kappa shape index (κ2) is 3.91. The molecule has 2 heterocycles. The summed E-state index contributed by atoms with van der Waals surface area (Å²) in [7, 11) is 0.